The fourth-order valence-corrected chi connectivity index (χ4v) is 2.84. The summed E-state index contributed by atoms with van der Waals surface area (Å²) in [5.74, 6) is -0.336. The van der Waals surface area contributed by atoms with E-state index in [1.807, 2.05) is 20.0 Å². The van der Waals surface area contributed by atoms with Crippen molar-refractivity contribution in [2.45, 2.75) is 13.3 Å². The van der Waals surface area contributed by atoms with Gasteiger partial charge in [-0.15, -0.1) is 0 Å². The fraction of sp³-hybridized carbons (Fsp3) is 0.533. The summed E-state index contributed by atoms with van der Waals surface area (Å²) in [6, 6.07) is 3.63. The molecule has 0 aliphatic carbocycles. The zero-order chi connectivity index (χ0) is 14.9. The third-order valence-electron chi connectivity index (χ3n) is 4.06. The van der Waals surface area contributed by atoms with E-state index in [1.54, 1.807) is 6.07 Å². The zero-order valence-electron chi connectivity index (χ0n) is 12.4. The number of nitrogens with two attached hydrogens (primary N) is 1. The standard InChI is InChI=1S/C15H23N3O2/c1-10-6-12(7-13(14(10)16)15(19)20)18(3)9-11-4-5-17(2)8-11/h6-7,11H,4-5,8-9,16H2,1-3H3,(H,19,20). The van der Waals surface area contributed by atoms with E-state index >= 15 is 0 Å². The molecule has 1 aromatic carbocycles. The summed E-state index contributed by atoms with van der Waals surface area (Å²) in [5, 5.41) is 9.21. The maximum absolute atomic E-state index is 11.2. The minimum Gasteiger partial charge on any atom is -0.478 e. The molecular weight excluding hydrogens is 254 g/mol. The van der Waals surface area contributed by atoms with Gasteiger partial charge in [0.2, 0.25) is 0 Å². The van der Waals surface area contributed by atoms with Gasteiger partial charge < -0.3 is 20.6 Å². The van der Waals surface area contributed by atoms with Crippen molar-refractivity contribution in [1.29, 1.82) is 0 Å². The van der Waals surface area contributed by atoms with E-state index in [0.29, 0.717) is 11.6 Å². The van der Waals surface area contributed by atoms with Crippen molar-refractivity contribution in [3.05, 3.63) is 23.3 Å². The molecule has 1 fully saturated rings. The highest BCUT2D eigenvalue weighted by Gasteiger charge is 2.21. The Morgan fingerprint density at radius 2 is 2.25 bits per heavy atom. The number of hydrogen-bond donors (Lipinski definition) is 2. The lowest BCUT2D eigenvalue weighted by Gasteiger charge is -2.24. The van der Waals surface area contributed by atoms with Gasteiger partial charge in [0.25, 0.3) is 0 Å². The Balaban J connectivity index is 2.17. The maximum atomic E-state index is 11.2. The van der Waals surface area contributed by atoms with Gasteiger partial charge in [-0.2, -0.15) is 0 Å². The normalized spacial score (nSPS) is 19.2. The average Bonchev–Trinajstić information content (AvgIpc) is 2.77. The molecule has 5 nitrogen and oxygen atoms in total. The predicted octanol–water partition coefficient (Wildman–Crippen LogP) is 1.66. The van der Waals surface area contributed by atoms with Crippen molar-refractivity contribution < 1.29 is 9.90 Å². The maximum Gasteiger partial charge on any atom is 0.337 e. The summed E-state index contributed by atoms with van der Waals surface area (Å²) in [6.07, 6.45) is 1.20. The highest BCUT2D eigenvalue weighted by molar-refractivity contribution is 5.95. The van der Waals surface area contributed by atoms with E-state index < -0.39 is 5.97 Å². The number of likely N-dealkylation sites (tertiary alicyclic amines) is 1. The lowest BCUT2D eigenvalue weighted by Crippen LogP contribution is -2.27. The van der Waals surface area contributed by atoms with Crippen LogP contribution < -0.4 is 10.6 Å². The molecule has 110 valence electrons. The van der Waals surface area contributed by atoms with Crippen molar-refractivity contribution in [2.75, 3.05) is 44.4 Å². The van der Waals surface area contributed by atoms with Crippen LogP contribution in [-0.2, 0) is 0 Å². The first-order chi connectivity index (χ1) is 9.38. The number of rotatable bonds is 4. The summed E-state index contributed by atoms with van der Waals surface area (Å²) >= 11 is 0. The smallest absolute Gasteiger partial charge is 0.337 e. The van der Waals surface area contributed by atoms with Gasteiger partial charge in [-0.1, -0.05) is 0 Å². The van der Waals surface area contributed by atoms with Crippen LogP contribution in [0.2, 0.25) is 0 Å². The lowest BCUT2D eigenvalue weighted by atomic mass is 10.0. The first kappa shape index (κ1) is 14.7. The van der Waals surface area contributed by atoms with Gasteiger partial charge >= 0.3 is 5.97 Å². The second-order valence-corrected chi connectivity index (χ2v) is 5.83. The van der Waals surface area contributed by atoms with Crippen molar-refractivity contribution >= 4 is 17.3 Å². The number of carboxylic acids is 1. The average molecular weight is 277 g/mol. The number of aryl methyl sites for hydroxylation is 1. The van der Waals surface area contributed by atoms with Crippen molar-refractivity contribution in [2.24, 2.45) is 5.92 Å². The minimum absolute atomic E-state index is 0.190. The van der Waals surface area contributed by atoms with Crippen LogP contribution in [0.25, 0.3) is 0 Å². The Labute approximate surface area is 120 Å². The minimum atomic E-state index is -0.971. The Kier molecular flexibility index (Phi) is 4.18. The summed E-state index contributed by atoms with van der Waals surface area (Å²) in [6.45, 7) is 5.03. The van der Waals surface area contributed by atoms with Crippen LogP contribution in [0.1, 0.15) is 22.3 Å². The van der Waals surface area contributed by atoms with E-state index in [-0.39, 0.29) is 5.56 Å². The van der Waals surface area contributed by atoms with E-state index in [1.165, 1.54) is 6.42 Å². The molecule has 1 unspecified atom stereocenters. The number of hydrogen-bond acceptors (Lipinski definition) is 4. The molecule has 1 aliphatic rings. The van der Waals surface area contributed by atoms with Crippen LogP contribution in [-0.4, -0.2) is 49.7 Å². The van der Waals surface area contributed by atoms with Crippen LogP contribution in [0, 0.1) is 12.8 Å². The fourth-order valence-electron chi connectivity index (χ4n) is 2.84. The molecule has 3 N–H and O–H groups in total. The summed E-state index contributed by atoms with van der Waals surface area (Å²) in [7, 11) is 4.14. The highest BCUT2D eigenvalue weighted by atomic mass is 16.4. The first-order valence-corrected chi connectivity index (χ1v) is 6.91. The zero-order valence-corrected chi connectivity index (χ0v) is 12.4. The Morgan fingerprint density at radius 1 is 1.55 bits per heavy atom. The second kappa shape index (κ2) is 5.71. The van der Waals surface area contributed by atoms with Gasteiger partial charge in [-0.3, -0.25) is 0 Å². The van der Waals surface area contributed by atoms with E-state index in [0.717, 1.165) is 30.9 Å². The van der Waals surface area contributed by atoms with Gasteiger partial charge in [-0.05, 0) is 50.6 Å². The number of carbonyl (C=O) groups is 1. The molecular formula is C15H23N3O2. The van der Waals surface area contributed by atoms with E-state index in [4.69, 9.17) is 5.73 Å². The number of nitrogen functional groups attached to an aromatic ring is 1. The Bertz CT molecular complexity index is 516. The molecule has 0 amide bonds. The number of nitrogens with zero attached hydrogens (tertiary/aromatic N) is 2. The number of aromatic carboxylic acids is 1. The predicted molar refractivity (Wildman–Crippen MR) is 81.4 cm³/mol. The van der Waals surface area contributed by atoms with Crippen LogP contribution in [0.4, 0.5) is 11.4 Å². The molecule has 2 rings (SSSR count). The molecule has 1 aromatic rings. The van der Waals surface area contributed by atoms with Crippen molar-refractivity contribution in [3.8, 4) is 0 Å². The largest absolute Gasteiger partial charge is 0.478 e. The van der Waals surface area contributed by atoms with Crippen molar-refractivity contribution in [1.82, 2.24) is 4.90 Å². The van der Waals surface area contributed by atoms with Gasteiger partial charge in [0, 0.05) is 31.5 Å². The quantitative estimate of drug-likeness (QED) is 0.819. The number of carboxylic acid groups (broad SMARTS) is 1. The van der Waals surface area contributed by atoms with E-state index in [9.17, 15) is 9.90 Å². The summed E-state index contributed by atoms with van der Waals surface area (Å²) in [5.41, 5.74) is 8.11. The molecule has 0 saturated carbocycles. The van der Waals surface area contributed by atoms with Crippen molar-refractivity contribution in [3.63, 3.8) is 0 Å². The third kappa shape index (κ3) is 3.04. The molecule has 0 spiro atoms. The molecule has 1 saturated heterocycles. The SMILES string of the molecule is Cc1cc(N(C)CC2CCN(C)C2)cc(C(=O)O)c1N. The topological polar surface area (TPSA) is 69.8 Å². The van der Waals surface area contributed by atoms with Gasteiger partial charge in [0.15, 0.2) is 0 Å². The molecule has 1 atom stereocenters. The third-order valence-corrected chi connectivity index (χ3v) is 4.06. The second-order valence-electron chi connectivity index (χ2n) is 5.83. The molecule has 5 heteroatoms. The van der Waals surface area contributed by atoms with Crippen LogP contribution in [0.5, 0.6) is 0 Å². The summed E-state index contributed by atoms with van der Waals surface area (Å²) < 4.78 is 0. The molecule has 0 aromatic heterocycles. The number of anilines is 2. The number of benzene rings is 1. The van der Waals surface area contributed by atoms with Gasteiger partial charge in [0.1, 0.15) is 0 Å². The van der Waals surface area contributed by atoms with E-state index in [2.05, 4.69) is 16.8 Å². The molecule has 0 bridgehead atoms. The Morgan fingerprint density at radius 3 is 2.80 bits per heavy atom. The van der Waals surface area contributed by atoms with Gasteiger partial charge in [0.05, 0.1) is 5.56 Å². The highest BCUT2D eigenvalue weighted by Crippen LogP contribution is 2.26. The lowest BCUT2D eigenvalue weighted by molar-refractivity contribution is 0.0698. The van der Waals surface area contributed by atoms with Crippen LogP contribution in [0.3, 0.4) is 0 Å². The van der Waals surface area contributed by atoms with Gasteiger partial charge in [-0.25, -0.2) is 4.79 Å². The molecule has 1 heterocycles. The Hall–Kier alpha value is -1.75. The molecule has 1 aliphatic heterocycles. The van der Waals surface area contributed by atoms with Crippen LogP contribution in [0.15, 0.2) is 12.1 Å². The molecule has 20 heavy (non-hydrogen) atoms. The monoisotopic (exact) mass is 277 g/mol. The van der Waals surface area contributed by atoms with Crippen LogP contribution >= 0.6 is 0 Å². The first-order valence-electron chi connectivity index (χ1n) is 6.91. The molecule has 0 radical (unpaired) electrons. The summed E-state index contributed by atoms with van der Waals surface area (Å²) in [4.78, 5) is 15.7.